The highest BCUT2D eigenvalue weighted by molar-refractivity contribution is 6.02. The Labute approximate surface area is 190 Å². The lowest BCUT2D eigenvalue weighted by Crippen LogP contribution is -2.31. The van der Waals surface area contributed by atoms with Crippen molar-refractivity contribution in [1.29, 1.82) is 0 Å². The molecule has 0 aliphatic heterocycles. The fourth-order valence-corrected chi connectivity index (χ4v) is 4.04. The second kappa shape index (κ2) is 8.02. The standard InChI is InChI=1S/C26H23N5O2/c1-16-11-12-20(13-17(16)2)31-25-22(14-27-31)18(3)29-30(26(25)33)15-24(32)28-23-10-6-8-19-7-4-5-9-21(19)23/h4-14H,15H2,1-3H3,(H,28,32). The molecule has 0 radical (unpaired) electrons. The Morgan fingerprint density at radius 3 is 2.55 bits per heavy atom. The fraction of sp³-hybridized carbons (Fsp3) is 0.154. The number of hydrogen-bond acceptors (Lipinski definition) is 4. The number of aromatic nitrogens is 4. The van der Waals surface area contributed by atoms with Crippen molar-refractivity contribution in [2.45, 2.75) is 27.3 Å². The smallest absolute Gasteiger partial charge is 0.293 e. The summed E-state index contributed by atoms with van der Waals surface area (Å²) in [5.41, 5.74) is 4.44. The Bertz CT molecular complexity index is 1590. The number of hydrogen-bond donors (Lipinski definition) is 1. The van der Waals surface area contributed by atoms with Gasteiger partial charge in [0.15, 0.2) is 0 Å². The van der Waals surface area contributed by atoms with Gasteiger partial charge in [-0.15, -0.1) is 0 Å². The molecule has 0 atom stereocenters. The summed E-state index contributed by atoms with van der Waals surface area (Å²) < 4.78 is 2.83. The van der Waals surface area contributed by atoms with Crippen LogP contribution in [-0.4, -0.2) is 25.5 Å². The van der Waals surface area contributed by atoms with Crippen molar-refractivity contribution in [3.05, 3.63) is 94.0 Å². The topological polar surface area (TPSA) is 81.8 Å². The van der Waals surface area contributed by atoms with Crippen LogP contribution in [0, 0.1) is 20.8 Å². The Kier molecular flexibility index (Phi) is 5.01. The molecule has 5 aromatic rings. The number of carbonyl (C=O) groups is 1. The molecule has 7 heteroatoms. The molecule has 0 unspecified atom stereocenters. The molecule has 0 bridgehead atoms. The molecule has 2 heterocycles. The molecular weight excluding hydrogens is 414 g/mol. The SMILES string of the molecule is Cc1ccc(-n2ncc3c(C)nn(CC(=O)Nc4cccc5ccccc45)c(=O)c32)cc1C. The van der Waals surface area contributed by atoms with Crippen LogP contribution in [0.25, 0.3) is 27.4 Å². The number of anilines is 1. The predicted octanol–water partition coefficient (Wildman–Crippen LogP) is 4.30. The maximum atomic E-state index is 13.3. The Hall–Kier alpha value is -4.26. The molecule has 1 N–H and O–H groups in total. The quantitative estimate of drug-likeness (QED) is 0.455. The summed E-state index contributed by atoms with van der Waals surface area (Å²) in [7, 11) is 0. The Morgan fingerprint density at radius 1 is 0.939 bits per heavy atom. The summed E-state index contributed by atoms with van der Waals surface area (Å²) >= 11 is 0. The maximum absolute atomic E-state index is 13.3. The number of amides is 1. The molecule has 0 saturated carbocycles. The third-order valence-electron chi connectivity index (χ3n) is 5.96. The lowest BCUT2D eigenvalue weighted by molar-refractivity contribution is -0.117. The number of nitrogens with one attached hydrogen (secondary N) is 1. The van der Waals surface area contributed by atoms with Crippen molar-refractivity contribution >= 4 is 33.3 Å². The van der Waals surface area contributed by atoms with Crippen molar-refractivity contribution in [1.82, 2.24) is 19.6 Å². The molecule has 7 nitrogen and oxygen atoms in total. The molecule has 1 amide bonds. The van der Waals surface area contributed by atoms with E-state index in [1.54, 1.807) is 10.9 Å². The van der Waals surface area contributed by atoms with E-state index in [1.165, 1.54) is 4.68 Å². The van der Waals surface area contributed by atoms with Crippen LogP contribution in [0.5, 0.6) is 0 Å². The van der Waals surface area contributed by atoms with Gasteiger partial charge in [0.1, 0.15) is 12.1 Å². The summed E-state index contributed by atoms with van der Waals surface area (Å²) in [5, 5.41) is 14.4. The predicted molar refractivity (Wildman–Crippen MR) is 130 cm³/mol. The van der Waals surface area contributed by atoms with Crippen LogP contribution in [-0.2, 0) is 11.3 Å². The van der Waals surface area contributed by atoms with Gasteiger partial charge in [0, 0.05) is 16.5 Å². The minimum absolute atomic E-state index is 0.197. The number of benzene rings is 3. The molecule has 164 valence electrons. The summed E-state index contributed by atoms with van der Waals surface area (Å²) in [6, 6.07) is 19.5. The summed E-state index contributed by atoms with van der Waals surface area (Å²) in [5.74, 6) is -0.322. The summed E-state index contributed by atoms with van der Waals surface area (Å²) in [6.45, 7) is 5.67. The van der Waals surface area contributed by atoms with Crippen molar-refractivity contribution in [3.63, 3.8) is 0 Å². The average molecular weight is 438 g/mol. The van der Waals surface area contributed by atoms with Crippen LogP contribution in [0.1, 0.15) is 16.8 Å². The van der Waals surface area contributed by atoms with Gasteiger partial charge in [0.05, 0.1) is 17.6 Å². The van der Waals surface area contributed by atoms with E-state index in [4.69, 9.17) is 0 Å². The molecular formula is C26H23N5O2. The molecule has 5 rings (SSSR count). The van der Waals surface area contributed by atoms with Crippen molar-refractivity contribution in [3.8, 4) is 5.69 Å². The number of fused-ring (bicyclic) bond motifs is 2. The van der Waals surface area contributed by atoms with Gasteiger partial charge in [0.25, 0.3) is 5.56 Å². The number of nitrogens with zero attached hydrogens (tertiary/aromatic N) is 4. The highest BCUT2D eigenvalue weighted by Crippen LogP contribution is 2.23. The van der Waals surface area contributed by atoms with Gasteiger partial charge in [-0.05, 0) is 55.5 Å². The average Bonchev–Trinajstić information content (AvgIpc) is 3.25. The van der Waals surface area contributed by atoms with Crippen LogP contribution in [0.3, 0.4) is 0 Å². The van der Waals surface area contributed by atoms with Gasteiger partial charge >= 0.3 is 0 Å². The van der Waals surface area contributed by atoms with E-state index in [0.717, 1.165) is 27.6 Å². The van der Waals surface area contributed by atoms with Gasteiger partial charge < -0.3 is 5.32 Å². The van der Waals surface area contributed by atoms with Crippen LogP contribution in [0.4, 0.5) is 5.69 Å². The van der Waals surface area contributed by atoms with Crippen LogP contribution in [0.15, 0.2) is 71.7 Å². The normalized spacial score (nSPS) is 11.2. The Morgan fingerprint density at radius 2 is 1.73 bits per heavy atom. The molecule has 0 fully saturated rings. The van der Waals surface area contributed by atoms with Gasteiger partial charge in [-0.2, -0.15) is 10.2 Å². The van der Waals surface area contributed by atoms with Crippen LogP contribution < -0.4 is 10.9 Å². The van der Waals surface area contributed by atoms with E-state index in [9.17, 15) is 9.59 Å². The third-order valence-corrected chi connectivity index (χ3v) is 5.96. The highest BCUT2D eigenvalue weighted by Gasteiger charge is 2.17. The van der Waals surface area contributed by atoms with E-state index >= 15 is 0 Å². The minimum atomic E-state index is -0.362. The zero-order valence-electron chi connectivity index (χ0n) is 18.7. The molecule has 3 aromatic carbocycles. The zero-order chi connectivity index (χ0) is 23.1. The lowest BCUT2D eigenvalue weighted by atomic mass is 10.1. The third kappa shape index (κ3) is 3.67. The van der Waals surface area contributed by atoms with E-state index in [0.29, 0.717) is 22.3 Å². The van der Waals surface area contributed by atoms with Gasteiger partial charge in [-0.25, -0.2) is 9.36 Å². The molecule has 2 aromatic heterocycles. The number of aryl methyl sites for hydroxylation is 3. The van der Waals surface area contributed by atoms with E-state index < -0.39 is 0 Å². The highest BCUT2D eigenvalue weighted by atomic mass is 16.2. The first-order chi connectivity index (χ1) is 15.9. The lowest BCUT2D eigenvalue weighted by Gasteiger charge is -2.11. The summed E-state index contributed by atoms with van der Waals surface area (Å²) in [4.78, 5) is 26.2. The first-order valence-corrected chi connectivity index (χ1v) is 10.7. The van der Waals surface area contributed by atoms with Crippen molar-refractivity contribution in [2.75, 3.05) is 5.32 Å². The van der Waals surface area contributed by atoms with Crippen LogP contribution >= 0.6 is 0 Å². The second-order valence-corrected chi connectivity index (χ2v) is 8.21. The molecule has 0 saturated heterocycles. The zero-order valence-corrected chi connectivity index (χ0v) is 18.7. The summed E-state index contributed by atoms with van der Waals surface area (Å²) in [6.07, 6.45) is 1.65. The molecule has 33 heavy (non-hydrogen) atoms. The van der Waals surface area contributed by atoms with Crippen molar-refractivity contribution < 1.29 is 4.79 Å². The molecule has 0 aliphatic carbocycles. The fourth-order valence-electron chi connectivity index (χ4n) is 4.04. The van der Waals surface area contributed by atoms with Gasteiger partial charge in [0.2, 0.25) is 5.91 Å². The molecule has 0 aliphatic rings. The first-order valence-electron chi connectivity index (χ1n) is 10.7. The Balaban J connectivity index is 1.52. The number of rotatable bonds is 4. The molecule has 0 spiro atoms. The van der Waals surface area contributed by atoms with Crippen LogP contribution in [0.2, 0.25) is 0 Å². The monoisotopic (exact) mass is 437 g/mol. The minimum Gasteiger partial charge on any atom is -0.324 e. The largest absolute Gasteiger partial charge is 0.324 e. The van der Waals surface area contributed by atoms with E-state index in [-0.39, 0.29) is 18.0 Å². The van der Waals surface area contributed by atoms with E-state index in [1.807, 2.05) is 81.4 Å². The second-order valence-electron chi connectivity index (χ2n) is 8.21. The van der Waals surface area contributed by atoms with Gasteiger partial charge in [-0.1, -0.05) is 42.5 Å². The number of carbonyl (C=O) groups excluding carboxylic acids is 1. The first kappa shape index (κ1) is 20.6. The maximum Gasteiger partial charge on any atom is 0.293 e. The van der Waals surface area contributed by atoms with E-state index in [2.05, 4.69) is 15.5 Å². The van der Waals surface area contributed by atoms with Crippen molar-refractivity contribution in [2.24, 2.45) is 0 Å². The van der Waals surface area contributed by atoms with Gasteiger partial charge in [-0.3, -0.25) is 9.59 Å².